The highest BCUT2D eigenvalue weighted by Crippen LogP contribution is 2.16. The molecule has 72 valence electrons. The van der Waals surface area contributed by atoms with Crippen LogP contribution in [-0.2, 0) is 6.61 Å². The van der Waals surface area contributed by atoms with E-state index < -0.39 is 0 Å². The van der Waals surface area contributed by atoms with E-state index in [9.17, 15) is 0 Å². The van der Waals surface area contributed by atoms with Crippen molar-refractivity contribution in [1.29, 1.82) is 0 Å². The van der Waals surface area contributed by atoms with Crippen molar-refractivity contribution in [3.8, 4) is 5.88 Å². The lowest BCUT2D eigenvalue weighted by Gasteiger charge is -2.01. The predicted molar refractivity (Wildman–Crippen MR) is 57.6 cm³/mol. The number of hydrogen-bond acceptors (Lipinski definition) is 3. The quantitative estimate of drug-likeness (QED) is 0.768. The average molecular weight is 205 g/mol. The molecule has 0 amide bonds. The fraction of sp³-hybridized carbons (Fsp3) is 0.182. The van der Waals surface area contributed by atoms with Gasteiger partial charge in [-0.05, 0) is 24.0 Å². The summed E-state index contributed by atoms with van der Waals surface area (Å²) in [6.07, 6.45) is 0. The van der Waals surface area contributed by atoms with Crippen molar-refractivity contribution in [1.82, 2.24) is 4.37 Å². The molecule has 0 aliphatic rings. The van der Waals surface area contributed by atoms with Gasteiger partial charge < -0.3 is 4.74 Å². The summed E-state index contributed by atoms with van der Waals surface area (Å²) in [6, 6.07) is 12.0. The lowest BCUT2D eigenvalue weighted by molar-refractivity contribution is 0.297. The Balaban J connectivity index is 1.95. The summed E-state index contributed by atoms with van der Waals surface area (Å²) in [4.78, 5) is 1.17. The summed E-state index contributed by atoms with van der Waals surface area (Å²) in [5.74, 6) is 0.719. The topological polar surface area (TPSA) is 22.1 Å². The molecule has 0 saturated heterocycles. The first-order valence-electron chi connectivity index (χ1n) is 4.44. The zero-order chi connectivity index (χ0) is 9.80. The molecule has 0 unspecified atom stereocenters. The Labute approximate surface area is 87.3 Å². The molecule has 0 atom stereocenters. The van der Waals surface area contributed by atoms with Gasteiger partial charge in [0.1, 0.15) is 6.61 Å². The van der Waals surface area contributed by atoms with Crippen molar-refractivity contribution < 1.29 is 4.74 Å². The second kappa shape index (κ2) is 4.24. The van der Waals surface area contributed by atoms with E-state index in [0.29, 0.717) is 6.61 Å². The molecule has 1 heterocycles. The lowest BCUT2D eigenvalue weighted by atomic mass is 10.2. The van der Waals surface area contributed by atoms with Crippen LogP contribution in [0.15, 0.2) is 36.4 Å². The Kier molecular flexibility index (Phi) is 2.79. The Bertz CT molecular complexity index is 397. The van der Waals surface area contributed by atoms with Crippen molar-refractivity contribution >= 4 is 11.5 Å². The van der Waals surface area contributed by atoms with Crippen LogP contribution < -0.4 is 4.74 Å². The van der Waals surface area contributed by atoms with Crippen LogP contribution in [0.25, 0.3) is 0 Å². The molecule has 3 heteroatoms. The van der Waals surface area contributed by atoms with Crippen molar-refractivity contribution in [2.45, 2.75) is 13.5 Å². The smallest absolute Gasteiger partial charge is 0.225 e. The number of aryl methyl sites for hydroxylation is 1. The molecule has 2 rings (SSSR count). The van der Waals surface area contributed by atoms with Gasteiger partial charge >= 0.3 is 0 Å². The zero-order valence-electron chi connectivity index (χ0n) is 7.93. The van der Waals surface area contributed by atoms with Crippen LogP contribution >= 0.6 is 11.5 Å². The highest BCUT2D eigenvalue weighted by Gasteiger charge is 1.98. The number of hydrogen-bond donors (Lipinski definition) is 0. The summed E-state index contributed by atoms with van der Waals surface area (Å²) >= 11 is 1.46. The van der Waals surface area contributed by atoms with E-state index in [4.69, 9.17) is 4.74 Å². The van der Waals surface area contributed by atoms with Crippen LogP contribution in [0.3, 0.4) is 0 Å². The van der Waals surface area contributed by atoms with Crippen molar-refractivity contribution in [3.63, 3.8) is 0 Å². The standard InChI is InChI=1S/C11H11NOS/c1-9-7-11(12-14-9)13-8-10-5-3-2-4-6-10/h2-7H,8H2,1H3. The minimum absolute atomic E-state index is 0.587. The number of benzene rings is 1. The number of nitrogens with zero attached hydrogens (tertiary/aromatic N) is 1. The first-order valence-corrected chi connectivity index (χ1v) is 5.22. The maximum Gasteiger partial charge on any atom is 0.225 e. The van der Waals surface area contributed by atoms with Crippen LogP contribution in [0.2, 0.25) is 0 Å². The molecule has 0 aliphatic carbocycles. The number of aromatic nitrogens is 1. The molecule has 0 N–H and O–H groups in total. The molecule has 0 spiro atoms. The largest absolute Gasteiger partial charge is 0.472 e. The third kappa shape index (κ3) is 2.33. The third-order valence-corrected chi connectivity index (χ3v) is 2.51. The molecule has 0 radical (unpaired) electrons. The normalized spacial score (nSPS) is 10.1. The maximum atomic E-state index is 5.51. The van der Waals surface area contributed by atoms with E-state index in [-0.39, 0.29) is 0 Å². The van der Waals surface area contributed by atoms with Gasteiger partial charge in [0.15, 0.2) is 0 Å². The molecule has 2 nitrogen and oxygen atoms in total. The van der Waals surface area contributed by atoms with Crippen LogP contribution in [0.5, 0.6) is 5.88 Å². The van der Waals surface area contributed by atoms with Crippen molar-refractivity contribution in [2.24, 2.45) is 0 Å². The van der Waals surface area contributed by atoms with Gasteiger partial charge in [-0.3, -0.25) is 0 Å². The average Bonchev–Trinajstić information content (AvgIpc) is 2.63. The Hall–Kier alpha value is -1.35. The van der Waals surface area contributed by atoms with Gasteiger partial charge in [-0.2, -0.15) is 4.37 Å². The summed E-state index contributed by atoms with van der Waals surface area (Å²) in [7, 11) is 0. The SMILES string of the molecule is Cc1cc(OCc2ccccc2)ns1. The summed E-state index contributed by atoms with van der Waals surface area (Å²) in [5.41, 5.74) is 1.16. The number of ether oxygens (including phenoxy) is 1. The van der Waals surface area contributed by atoms with E-state index in [2.05, 4.69) is 4.37 Å². The van der Waals surface area contributed by atoms with Gasteiger partial charge in [-0.25, -0.2) is 0 Å². The Morgan fingerprint density at radius 3 is 2.71 bits per heavy atom. The zero-order valence-corrected chi connectivity index (χ0v) is 8.75. The van der Waals surface area contributed by atoms with Crippen LogP contribution in [0.1, 0.15) is 10.4 Å². The van der Waals surface area contributed by atoms with Crippen molar-refractivity contribution in [2.75, 3.05) is 0 Å². The molecular weight excluding hydrogens is 194 g/mol. The van der Waals surface area contributed by atoms with Gasteiger partial charge in [0.25, 0.3) is 0 Å². The molecule has 2 aromatic rings. The minimum atomic E-state index is 0.587. The molecule has 0 aliphatic heterocycles. The molecule has 0 fully saturated rings. The molecule has 0 saturated carbocycles. The highest BCUT2D eigenvalue weighted by atomic mass is 32.1. The Morgan fingerprint density at radius 1 is 1.29 bits per heavy atom. The monoisotopic (exact) mass is 205 g/mol. The fourth-order valence-corrected chi connectivity index (χ4v) is 1.64. The van der Waals surface area contributed by atoms with Gasteiger partial charge in [0, 0.05) is 10.9 Å². The molecule has 0 bridgehead atoms. The summed E-state index contributed by atoms with van der Waals surface area (Å²) < 4.78 is 9.66. The van der Waals surface area contributed by atoms with Crippen LogP contribution in [0.4, 0.5) is 0 Å². The van der Waals surface area contributed by atoms with E-state index in [1.807, 2.05) is 43.3 Å². The second-order valence-corrected chi connectivity index (χ2v) is 4.06. The van der Waals surface area contributed by atoms with E-state index in [0.717, 1.165) is 11.4 Å². The van der Waals surface area contributed by atoms with Gasteiger partial charge in [-0.1, -0.05) is 30.3 Å². The van der Waals surface area contributed by atoms with Gasteiger partial charge in [0.2, 0.25) is 5.88 Å². The first kappa shape index (κ1) is 9.21. The molecule has 1 aromatic heterocycles. The summed E-state index contributed by atoms with van der Waals surface area (Å²) in [5, 5.41) is 0. The predicted octanol–water partition coefficient (Wildman–Crippen LogP) is 3.03. The number of rotatable bonds is 3. The van der Waals surface area contributed by atoms with E-state index in [1.165, 1.54) is 16.4 Å². The molecule has 14 heavy (non-hydrogen) atoms. The van der Waals surface area contributed by atoms with Crippen molar-refractivity contribution in [3.05, 3.63) is 46.8 Å². The minimum Gasteiger partial charge on any atom is -0.472 e. The molecule has 1 aromatic carbocycles. The highest BCUT2D eigenvalue weighted by molar-refractivity contribution is 7.05. The molecular formula is C11H11NOS. The van der Waals surface area contributed by atoms with E-state index >= 15 is 0 Å². The lowest BCUT2D eigenvalue weighted by Crippen LogP contribution is -1.94. The van der Waals surface area contributed by atoms with Crippen LogP contribution in [0, 0.1) is 6.92 Å². The van der Waals surface area contributed by atoms with Crippen LogP contribution in [-0.4, -0.2) is 4.37 Å². The Morgan fingerprint density at radius 2 is 2.07 bits per heavy atom. The van der Waals surface area contributed by atoms with Gasteiger partial charge in [-0.15, -0.1) is 0 Å². The summed E-state index contributed by atoms with van der Waals surface area (Å²) in [6.45, 7) is 2.61. The second-order valence-electron chi connectivity index (χ2n) is 3.05. The first-order chi connectivity index (χ1) is 6.84. The maximum absolute atomic E-state index is 5.51. The van der Waals surface area contributed by atoms with Gasteiger partial charge in [0.05, 0.1) is 0 Å². The van der Waals surface area contributed by atoms with E-state index in [1.54, 1.807) is 0 Å². The fourth-order valence-electron chi connectivity index (χ4n) is 1.14. The third-order valence-electron chi connectivity index (χ3n) is 1.84.